The quantitative estimate of drug-likeness (QED) is 0.291. The summed E-state index contributed by atoms with van der Waals surface area (Å²) in [7, 11) is 0. The Morgan fingerprint density at radius 1 is 1.53 bits per heavy atom. The number of hydrogen-bond acceptors (Lipinski definition) is 3. The standard InChI is InChI=1S/C11H18O4/c1-5-14-11(3,4)15-8-6-7-9(2)10(12)13/h5H,1-2,6-8H2,3-4H3,(H,12,13). The third-order valence-corrected chi connectivity index (χ3v) is 1.74. The van der Waals surface area contributed by atoms with Crippen LogP contribution in [-0.4, -0.2) is 23.5 Å². The summed E-state index contributed by atoms with van der Waals surface area (Å²) < 4.78 is 10.5. The molecule has 0 amide bonds. The van der Waals surface area contributed by atoms with Crippen LogP contribution < -0.4 is 0 Å². The molecule has 4 heteroatoms. The number of carbonyl (C=O) groups is 1. The lowest BCUT2D eigenvalue weighted by Gasteiger charge is -2.24. The summed E-state index contributed by atoms with van der Waals surface area (Å²) in [5.74, 6) is -1.68. The van der Waals surface area contributed by atoms with E-state index in [2.05, 4.69) is 13.2 Å². The zero-order chi connectivity index (χ0) is 11.9. The summed E-state index contributed by atoms with van der Waals surface area (Å²) in [5.41, 5.74) is 0.195. The minimum Gasteiger partial charge on any atom is -0.478 e. The fraction of sp³-hybridized carbons (Fsp3) is 0.545. The second-order valence-electron chi connectivity index (χ2n) is 3.55. The molecule has 0 bridgehead atoms. The summed E-state index contributed by atoms with van der Waals surface area (Å²) in [6, 6.07) is 0. The van der Waals surface area contributed by atoms with Gasteiger partial charge in [0.1, 0.15) is 0 Å². The Balaban J connectivity index is 3.66. The Bertz CT molecular complexity index is 243. The van der Waals surface area contributed by atoms with E-state index in [1.165, 1.54) is 6.26 Å². The van der Waals surface area contributed by atoms with Crippen molar-refractivity contribution in [2.45, 2.75) is 32.5 Å². The highest BCUT2D eigenvalue weighted by Gasteiger charge is 2.17. The first kappa shape index (κ1) is 13.7. The molecule has 0 saturated carbocycles. The van der Waals surface area contributed by atoms with E-state index in [0.717, 1.165) is 0 Å². The predicted molar refractivity (Wildman–Crippen MR) is 57.3 cm³/mol. The molecular weight excluding hydrogens is 196 g/mol. The van der Waals surface area contributed by atoms with Crippen molar-refractivity contribution in [3.8, 4) is 0 Å². The van der Waals surface area contributed by atoms with Crippen molar-refractivity contribution < 1.29 is 19.4 Å². The van der Waals surface area contributed by atoms with Crippen molar-refractivity contribution in [3.05, 3.63) is 25.0 Å². The maximum absolute atomic E-state index is 10.4. The van der Waals surface area contributed by atoms with E-state index >= 15 is 0 Å². The average molecular weight is 214 g/mol. The number of hydrogen-bond donors (Lipinski definition) is 1. The van der Waals surface area contributed by atoms with E-state index in [1.54, 1.807) is 13.8 Å². The average Bonchev–Trinajstić information content (AvgIpc) is 2.11. The molecule has 0 aliphatic heterocycles. The van der Waals surface area contributed by atoms with Crippen LogP contribution in [0, 0.1) is 0 Å². The van der Waals surface area contributed by atoms with E-state index < -0.39 is 11.8 Å². The lowest BCUT2D eigenvalue weighted by atomic mass is 10.2. The Morgan fingerprint density at radius 3 is 2.60 bits per heavy atom. The summed E-state index contributed by atoms with van der Waals surface area (Å²) in [6.45, 7) is 10.8. The normalized spacial score (nSPS) is 10.8. The second kappa shape index (κ2) is 6.24. The minimum atomic E-state index is -0.961. The van der Waals surface area contributed by atoms with E-state index in [0.29, 0.717) is 19.4 Å². The molecule has 0 spiro atoms. The van der Waals surface area contributed by atoms with Gasteiger partial charge in [-0.2, -0.15) is 0 Å². The van der Waals surface area contributed by atoms with Gasteiger partial charge in [-0.1, -0.05) is 13.2 Å². The topological polar surface area (TPSA) is 55.8 Å². The van der Waals surface area contributed by atoms with Gasteiger partial charge in [0.2, 0.25) is 5.79 Å². The maximum atomic E-state index is 10.4. The van der Waals surface area contributed by atoms with Crippen molar-refractivity contribution >= 4 is 5.97 Å². The predicted octanol–water partition coefficient (Wildman–Crippen LogP) is 2.32. The van der Waals surface area contributed by atoms with Gasteiger partial charge < -0.3 is 14.6 Å². The lowest BCUT2D eigenvalue weighted by molar-refractivity contribution is -0.181. The minimum absolute atomic E-state index is 0.195. The van der Waals surface area contributed by atoms with Crippen molar-refractivity contribution in [2.75, 3.05) is 6.61 Å². The smallest absolute Gasteiger partial charge is 0.330 e. The molecular formula is C11H18O4. The molecule has 0 radical (unpaired) electrons. The fourth-order valence-corrected chi connectivity index (χ4v) is 0.945. The molecule has 0 aliphatic rings. The van der Waals surface area contributed by atoms with Gasteiger partial charge in [0.05, 0.1) is 12.9 Å². The van der Waals surface area contributed by atoms with Crippen molar-refractivity contribution in [1.29, 1.82) is 0 Å². The van der Waals surface area contributed by atoms with Gasteiger partial charge in [-0.15, -0.1) is 0 Å². The molecule has 0 saturated heterocycles. The van der Waals surface area contributed by atoms with Crippen LogP contribution >= 0.6 is 0 Å². The highest BCUT2D eigenvalue weighted by atomic mass is 16.7. The molecule has 15 heavy (non-hydrogen) atoms. The van der Waals surface area contributed by atoms with Crippen LogP contribution in [0.15, 0.2) is 25.0 Å². The van der Waals surface area contributed by atoms with Crippen LogP contribution in [0.4, 0.5) is 0 Å². The van der Waals surface area contributed by atoms with Gasteiger partial charge in [-0.3, -0.25) is 0 Å². The molecule has 0 aromatic rings. The molecule has 0 heterocycles. The molecule has 0 aromatic heterocycles. The first-order valence-electron chi connectivity index (χ1n) is 4.73. The first-order valence-corrected chi connectivity index (χ1v) is 4.73. The maximum Gasteiger partial charge on any atom is 0.330 e. The third kappa shape index (κ3) is 6.74. The highest BCUT2D eigenvalue weighted by Crippen LogP contribution is 2.13. The van der Waals surface area contributed by atoms with Gasteiger partial charge in [0, 0.05) is 19.4 Å². The van der Waals surface area contributed by atoms with Gasteiger partial charge in [-0.25, -0.2) is 4.79 Å². The Labute approximate surface area is 90.2 Å². The van der Waals surface area contributed by atoms with Gasteiger partial charge in [0.15, 0.2) is 0 Å². The van der Waals surface area contributed by atoms with Crippen LogP contribution in [0.5, 0.6) is 0 Å². The van der Waals surface area contributed by atoms with Crippen molar-refractivity contribution in [3.63, 3.8) is 0 Å². The monoisotopic (exact) mass is 214 g/mol. The number of ether oxygens (including phenoxy) is 2. The molecule has 0 aliphatic carbocycles. The summed E-state index contributed by atoms with van der Waals surface area (Å²) in [5, 5.41) is 8.55. The van der Waals surface area contributed by atoms with E-state index in [4.69, 9.17) is 14.6 Å². The van der Waals surface area contributed by atoms with Crippen LogP contribution in [-0.2, 0) is 14.3 Å². The molecule has 0 rings (SSSR count). The second-order valence-corrected chi connectivity index (χ2v) is 3.55. The largest absolute Gasteiger partial charge is 0.478 e. The molecule has 1 N–H and O–H groups in total. The first-order chi connectivity index (χ1) is 6.89. The fourth-order valence-electron chi connectivity index (χ4n) is 0.945. The molecule has 0 unspecified atom stereocenters. The number of carboxylic acids is 1. The van der Waals surface area contributed by atoms with Gasteiger partial charge in [-0.05, 0) is 12.8 Å². The summed E-state index contributed by atoms with van der Waals surface area (Å²) in [4.78, 5) is 10.4. The van der Waals surface area contributed by atoms with E-state index in [9.17, 15) is 4.79 Å². The van der Waals surface area contributed by atoms with Gasteiger partial charge in [0.25, 0.3) is 0 Å². The lowest BCUT2D eigenvalue weighted by Crippen LogP contribution is -2.26. The molecule has 86 valence electrons. The zero-order valence-corrected chi connectivity index (χ0v) is 9.28. The Hall–Kier alpha value is -1.29. The summed E-state index contributed by atoms with van der Waals surface area (Å²) in [6.07, 6.45) is 2.34. The van der Waals surface area contributed by atoms with Crippen LogP contribution in [0.25, 0.3) is 0 Å². The number of rotatable bonds is 8. The van der Waals surface area contributed by atoms with Crippen molar-refractivity contribution in [1.82, 2.24) is 0 Å². The van der Waals surface area contributed by atoms with Crippen LogP contribution in [0.2, 0.25) is 0 Å². The molecule has 0 aromatic carbocycles. The van der Waals surface area contributed by atoms with Crippen LogP contribution in [0.1, 0.15) is 26.7 Å². The Morgan fingerprint density at radius 2 is 2.13 bits per heavy atom. The van der Waals surface area contributed by atoms with E-state index in [1.807, 2.05) is 0 Å². The van der Waals surface area contributed by atoms with Crippen molar-refractivity contribution in [2.24, 2.45) is 0 Å². The number of carboxylic acid groups (broad SMARTS) is 1. The van der Waals surface area contributed by atoms with E-state index in [-0.39, 0.29) is 5.57 Å². The third-order valence-electron chi connectivity index (χ3n) is 1.74. The van der Waals surface area contributed by atoms with Gasteiger partial charge >= 0.3 is 5.97 Å². The molecule has 4 nitrogen and oxygen atoms in total. The highest BCUT2D eigenvalue weighted by molar-refractivity contribution is 5.85. The summed E-state index contributed by atoms with van der Waals surface area (Å²) >= 11 is 0. The molecule has 0 fully saturated rings. The molecule has 0 atom stereocenters. The zero-order valence-electron chi connectivity index (χ0n) is 9.28. The SMILES string of the molecule is C=COC(C)(C)OCCCC(=C)C(=O)O. The Kier molecular flexibility index (Phi) is 5.70. The van der Waals surface area contributed by atoms with Crippen LogP contribution in [0.3, 0.4) is 0 Å². The number of aliphatic carboxylic acids is 1.